The number of methoxy groups -OCH3 is 1. The van der Waals surface area contributed by atoms with Crippen LogP contribution < -0.4 is 5.32 Å². The van der Waals surface area contributed by atoms with Crippen LogP contribution in [0, 0.1) is 18.8 Å². The Hall–Kier alpha value is -2.70. The average molecular weight is 372 g/mol. The van der Waals surface area contributed by atoms with E-state index in [-0.39, 0.29) is 42.5 Å². The average Bonchev–Trinajstić information content (AvgIpc) is 2.92. The predicted molar refractivity (Wildman–Crippen MR) is 97.9 cm³/mol. The Bertz CT molecular complexity index is 765. The third-order valence-corrected chi connectivity index (χ3v) is 5.42. The summed E-state index contributed by atoms with van der Waals surface area (Å²) in [6.07, 6.45) is 3.55. The molecule has 0 radical (unpaired) electrons. The van der Waals surface area contributed by atoms with E-state index >= 15 is 0 Å². The van der Waals surface area contributed by atoms with E-state index in [1.165, 1.54) is 12.0 Å². The summed E-state index contributed by atoms with van der Waals surface area (Å²) >= 11 is 0. The van der Waals surface area contributed by atoms with Crippen LogP contribution in [0.1, 0.15) is 48.0 Å². The predicted octanol–water partition coefficient (Wildman–Crippen LogP) is 2.29. The Labute approximate surface area is 158 Å². The third kappa shape index (κ3) is 3.86. The summed E-state index contributed by atoms with van der Waals surface area (Å²) in [5.41, 5.74) is 1.72. The molecule has 2 atom stereocenters. The maximum absolute atomic E-state index is 12.4. The number of fused-ring (bicyclic) bond motifs is 1. The van der Waals surface area contributed by atoms with Gasteiger partial charge in [0.05, 0.1) is 24.5 Å². The van der Waals surface area contributed by atoms with Gasteiger partial charge in [-0.2, -0.15) is 0 Å². The number of nitrogens with zero attached hydrogens (tertiary/aromatic N) is 1. The summed E-state index contributed by atoms with van der Waals surface area (Å²) in [6.45, 7) is 1.88. The maximum Gasteiger partial charge on any atom is 0.337 e. The first-order valence-electron chi connectivity index (χ1n) is 9.26. The number of esters is 1. The number of ether oxygens (including phenoxy) is 1. The number of amides is 3. The van der Waals surface area contributed by atoms with Gasteiger partial charge in [0.15, 0.2) is 0 Å². The molecule has 1 aromatic rings. The third-order valence-electron chi connectivity index (χ3n) is 5.42. The molecule has 1 saturated carbocycles. The lowest BCUT2D eigenvalue weighted by Crippen LogP contribution is -2.34. The number of benzene rings is 1. The standard InChI is InChI=1S/C20H24N2O5/c1-12-11-13(20(26)27-2)7-8-16(12)21-17(23)9-10-22-18(24)14-5-3-4-6-15(14)19(22)25/h7-8,11,14-15H,3-6,9-10H2,1-2H3,(H,21,23). The van der Waals surface area contributed by atoms with Crippen molar-refractivity contribution >= 4 is 29.4 Å². The lowest BCUT2D eigenvalue weighted by Gasteiger charge is -2.19. The van der Waals surface area contributed by atoms with Gasteiger partial charge >= 0.3 is 5.97 Å². The Morgan fingerprint density at radius 1 is 1.15 bits per heavy atom. The molecule has 2 aliphatic rings. The maximum atomic E-state index is 12.4. The second-order valence-corrected chi connectivity index (χ2v) is 7.15. The molecule has 1 N–H and O–H groups in total. The van der Waals surface area contributed by atoms with Crippen LogP contribution in [0.4, 0.5) is 5.69 Å². The van der Waals surface area contributed by atoms with Gasteiger partial charge < -0.3 is 10.1 Å². The summed E-state index contributed by atoms with van der Waals surface area (Å²) in [6, 6.07) is 4.85. The molecule has 1 aromatic carbocycles. The van der Waals surface area contributed by atoms with E-state index in [0.29, 0.717) is 11.3 Å². The van der Waals surface area contributed by atoms with Crippen molar-refractivity contribution in [3.63, 3.8) is 0 Å². The summed E-state index contributed by atoms with van der Waals surface area (Å²) in [7, 11) is 1.31. The zero-order chi connectivity index (χ0) is 19.6. The van der Waals surface area contributed by atoms with E-state index in [2.05, 4.69) is 10.1 Å². The van der Waals surface area contributed by atoms with Gasteiger partial charge in [0.2, 0.25) is 17.7 Å². The molecule has 27 heavy (non-hydrogen) atoms. The zero-order valence-electron chi connectivity index (χ0n) is 15.6. The Morgan fingerprint density at radius 2 is 1.78 bits per heavy atom. The quantitative estimate of drug-likeness (QED) is 0.632. The fourth-order valence-electron chi connectivity index (χ4n) is 3.93. The molecule has 1 saturated heterocycles. The SMILES string of the molecule is COC(=O)c1ccc(NC(=O)CCN2C(=O)C3CCCCC3C2=O)c(C)c1. The molecule has 0 spiro atoms. The fraction of sp³-hybridized carbons (Fsp3) is 0.500. The number of nitrogens with one attached hydrogen (secondary N) is 1. The first kappa shape index (κ1) is 19.1. The Kier molecular flexibility index (Phi) is 5.58. The number of likely N-dealkylation sites (tertiary alicyclic amines) is 1. The molecule has 7 heteroatoms. The molecule has 144 valence electrons. The highest BCUT2D eigenvalue weighted by atomic mass is 16.5. The lowest BCUT2D eigenvalue weighted by molar-refractivity contribution is -0.140. The van der Waals surface area contributed by atoms with Gasteiger partial charge in [0.25, 0.3) is 0 Å². The van der Waals surface area contributed by atoms with E-state index in [1.54, 1.807) is 25.1 Å². The first-order chi connectivity index (χ1) is 12.9. The van der Waals surface area contributed by atoms with Crippen molar-refractivity contribution in [2.24, 2.45) is 11.8 Å². The Morgan fingerprint density at radius 3 is 2.33 bits per heavy atom. The number of carbonyl (C=O) groups is 4. The molecule has 3 amide bonds. The first-order valence-corrected chi connectivity index (χ1v) is 9.26. The van der Waals surface area contributed by atoms with Crippen LogP contribution >= 0.6 is 0 Å². The van der Waals surface area contributed by atoms with E-state index in [4.69, 9.17) is 0 Å². The lowest BCUT2D eigenvalue weighted by atomic mass is 9.81. The van der Waals surface area contributed by atoms with Crippen molar-refractivity contribution < 1.29 is 23.9 Å². The topological polar surface area (TPSA) is 92.8 Å². The van der Waals surface area contributed by atoms with Crippen molar-refractivity contribution in [3.8, 4) is 0 Å². The summed E-state index contributed by atoms with van der Waals surface area (Å²) in [5, 5.41) is 2.77. The minimum atomic E-state index is -0.441. The van der Waals surface area contributed by atoms with E-state index < -0.39 is 5.97 Å². The molecule has 0 aromatic heterocycles. The number of anilines is 1. The molecule has 1 heterocycles. The van der Waals surface area contributed by atoms with Gasteiger partial charge in [0.1, 0.15) is 0 Å². The van der Waals surface area contributed by atoms with Crippen LogP contribution in [0.25, 0.3) is 0 Å². The normalized spacial score (nSPS) is 21.8. The molecule has 2 fully saturated rings. The van der Waals surface area contributed by atoms with Crippen molar-refractivity contribution in [3.05, 3.63) is 29.3 Å². The minimum Gasteiger partial charge on any atom is -0.465 e. The smallest absolute Gasteiger partial charge is 0.337 e. The van der Waals surface area contributed by atoms with Crippen molar-refractivity contribution in [1.82, 2.24) is 4.90 Å². The number of rotatable bonds is 5. The molecular formula is C20H24N2O5. The summed E-state index contributed by atoms with van der Waals surface area (Å²) in [5.74, 6) is -1.36. The van der Waals surface area contributed by atoms with Crippen molar-refractivity contribution in [2.75, 3.05) is 19.0 Å². The number of hydrogen-bond acceptors (Lipinski definition) is 5. The van der Waals surface area contributed by atoms with Gasteiger partial charge in [-0.05, 0) is 43.5 Å². The molecular weight excluding hydrogens is 348 g/mol. The second-order valence-electron chi connectivity index (χ2n) is 7.15. The summed E-state index contributed by atoms with van der Waals surface area (Å²) in [4.78, 5) is 49.9. The van der Waals surface area contributed by atoms with Gasteiger partial charge in [-0.15, -0.1) is 0 Å². The molecule has 7 nitrogen and oxygen atoms in total. The van der Waals surface area contributed by atoms with Crippen molar-refractivity contribution in [2.45, 2.75) is 39.0 Å². The van der Waals surface area contributed by atoms with Gasteiger partial charge in [0, 0.05) is 18.7 Å². The van der Waals surface area contributed by atoms with Crippen molar-refractivity contribution in [1.29, 1.82) is 0 Å². The fourth-order valence-corrected chi connectivity index (χ4v) is 3.93. The molecule has 1 aliphatic heterocycles. The highest BCUT2D eigenvalue weighted by Gasteiger charge is 2.47. The van der Waals surface area contributed by atoms with Crippen LogP contribution in [0.15, 0.2) is 18.2 Å². The minimum absolute atomic E-state index is 0.0507. The van der Waals surface area contributed by atoms with Crippen LogP contribution in [0.2, 0.25) is 0 Å². The van der Waals surface area contributed by atoms with E-state index in [0.717, 1.165) is 31.2 Å². The van der Waals surface area contributed by atoms with Crippen LogP contribution in [0.3, 0.4) is 0 Å². The van der Waals surface area contributed by atoms with E-state index in [1.807, 2.05) is 0 Å². The largest absolute Gasteiger partial charge is 0.465 e. The van der Waals surface area contributed by atoms with Gasteiger partial charge in [-0.3, -0.25) is 19.3 Å². The highest BCUT2D eigenvalue weighted by molar-refractivity contribution is 6.05. The molecule has 0 bridgehead atoms. The second kappa shape index (κ2) is 7.90. The van der Waals surface area contributed by atoms with E-state index in [9.17, 15) is 19.2 Å². The van der Waals surface area contributed by atoms with Gasteiger partial charge in [-0.1, -0.05) is 12.8 Å². The van der Waals surface area contributed by atoms with Crippen LogP contribution in [-0.2, 0) is 19.1 Å². The molecule has 1 aliphatic carbocycles. The van der Waals surface area contributed by atoms with Crippen LogP contribution in [0.5, 0.6) is 0 Å². The molecule has 2 unspecified atom stereocenters. The van der Waals surface area contributed by atoms with Gasteiger partial charge in [-0.25, -0.2) is 4.79 Å². The number of imide groups is 1. The Balaban J connectivity index is 1.58. The number of carbonyl (C=O) groups excluding carboxylic acids is 4. The summed E-state index contributed by atoms with van der Waals surface area (Å²) < 4.78 is 4.67. The number of hydrogen-bond donors (Lipinski definition) is 1. The highest BCUT2D eigenvalue weighted by Crippen LogP contribution is 2.38. The monoisotopic (exact) mass is 372 g/mol. The van der Waals surface area contributed by atoms with Crippen LogP contribution in [-0.4, -0.2) is 42.2 Å². The number of aryl methyl sites for hydroxylation is 1. The molecule has 3 rings (SSSR count). The zero-order valence-corrected chi connectivity index (χ0v) is 15.6.